The van der Waals surface area contributed by atoms with Gasteiger partial charge in [0.2, 0.25) is 0 Å². The third-order valence-corrected chi connectivity index (χ3v) is 7.69. The molecule has 1 saturated heterocycles. The van der Waals surface area contributed by atoms with Gasteiger partial charge in [-0.05, 0) is 99.8 Å². The summed E-state index contributed by atoms with van der Waals surface area (Å²) in [6.07, 6.45) is 8.21. The largest absolute Gasteiger partial charge is 0.352 e. The Balaban J connectivity index is 1.64. The van der Waals surface area contributed by atoms with E-state index < -0.39 is 0 Å². The second-order valence-electron chi connectivity index (χ2n) is 9.83. The van der Waals surface area contributed by atoms with Crippen LogP contribution in [0.2, 0.25) is 0 Å². The second-order valence-corrected chi connectivity index (χ2v) is 10.2. The highest BCUT2D eigenvalue weighted by molar-refractivity contribution is 7.80. The van der Waals surface area contributed by atoms with Gasteiger partial charge in [0, 0.05) is 29.3 Å². The molecular weight excluding hydrogens is 424 g/mol. The molecule has 3 heterocycles. The summed E-state index contributed by atoms with van der Waals surface area (Å²) in [6, 6.07) is 16.0. The van der Waals surface area contributed by atoms with Gasteiger partial charge >= 0.3 is 0 Å². The van der Waals surface area contributed by atoms with E-state index in [1.807, 2.05) is 12.3 Å². The Kier molecular flexibility index (Phi) is 6.00. The van der Waals surface area contributed by atoms with E-state index in [-0.39, 0.29) is 12.1 Å². The Labute approximate surface area is 203 Å². The summed E-state index contributed by atoms with van der Waals surface area (Å²) in [5.74, 6) is 0. The molecule has 1 aliphatic carbocycles. The monoisotopic (exact) mass is 458 g/mol. The third-order valence-electron chi connectivity index (χ3n) is 7.36. The van der Waals surface area contributed by atoms with Crippen molar-refractivity contribution in [1.29, 1.82) is 0 Å². The number of nitrogens with zero attached hydrogens (tertiary/aromatic N) is 3. The van der Waals surface area contributed by atoms with E-state index in [0.717, 1.165) is 10.8 Å². The lowest BCUT2D eigenvalue weighted by Gasteiger charge is -2.37. The normalized spacial score (nSPS) is 21.5. The fraction of sp³-hybridized carbons (Fsp3) is 0.429. The molecule has 0 spiro atoms. The van der Waals surface area contributed by atoms with Crippen molar-refractivity contribution in [2.24, 2.45) is 0 Å². The minimum absolute atomic E-state index is 0.0498. The number of hydrogen-bond acceptors (Lipinski definition) is 2. The van der Waals surface area contributed by atoms with Crippen molar-refractivity contribution in [3.05, 3.63) is 82.4 Å². The van der Waals surface area contributed by atoms with Crippen molar-refractivity contribution in [3.63, 3.8) is 0 Å². The van der Waals surface area contributed by atoms with Crippen molar-refractivity contribution in [3.8, 4) is 5.69 Å². The number of thiocarbonyl (C=S) groups is 1. The zero-order valence-corrected chi connectivity index (χ0v) is 21.0. The lowest BCUT2D eigenvalue weighted by atomic mass is 9.90. The van der Waals surface area contributed by atoms with Crippen molar-refractivity contribution in [1.82, 2.24) is 19.8 Å². The third kappa shape index (κ3) is 4.08. The molecule has 3 aromatic rings. The first-order valence-electron chi connectivity index (χ1n) is 12.2. The van der Waals surface area contributed by atoms with Crippen LogP contribution in [0.1, 0.15) is 78.0 Å². The fourth-order valence-electron chi connectivity index (χ4n) is 6.01. The van der Waals surface area contributed by atoms with Crippen molar-refractivity contribution in [2.75, 3.05) is 0 Å². The molecule has 4 nitrogen and oxygen atoms in total. The molecule has 2 atom stereocenters. The smallest absolute Gasteiger partial charge is 0.170 e. The SMILES string of the molecule is Cc1cc(C)cc(-n2c(C)cc(C3C(c4ccccn4)NC(=S)N3C3CCCCC3)c2C)c1. The van der Waals surface area contributed by atoms with Crippen LogP contribution in [-0.2, 0) is 0 Å². The van der Waals surface area contributed by atoms with Gasteiger partial charge in [-0.15, -0.1) is 0 Å². The summed E-state index contributed by atoms with van der Waals surface area (Å²) in [5, 5.41) is 4.54. The molecule has 0 amide bonds. The van der Waals surface area contributed by atoms with Crippen LogP contribution in [0.25, 0.3) is 5.69 Å². The van der Waals surface area contributed by atoms with Gasteiger partial charge < -0.3 is 14.8 Å². The van der Waals surface area contributed by atoms with E-state index in [2.05, 4.69) is 78.9 Å². The van der Waals surface area contributed by atoms with Crippen LogP contribution in [0.3, 0.4) is 0 Å². The van der Waals surface area contributed by atoms with Gasteiger partial charge in [-0.2, -0.15) is 0 Å². The maximum atomic E-state index is 5.97. The van der Waals surface area contributed by atoms with Crippen LogP contribution >= 0.6 is 12.2 Å². The average molecular weight is 459 g/mol. The zero-order valence-electron chi connectivity index (χ0n) is 20.1. The van der Waals surface area contributed by atoms with E-state index in [4.69, 9.17) is 17.2 Å². The average Bonchev–Trinajstić information content (AvgIpc) is 3.29. The number of nitrogens with one attached hydrogen (secondary N) is 1. The molecule has 2 aromatic heterocycles. The molecule has 2 fully saturated rings. The maximum Gasteiger partial charge on any atom is 0.170 e. The van der Waals surface area contributed by atoms with Crippen molar-refractivity contribution >= 4 is 17.3 Å². The number of rotatable bonds is 4. The van der Waals surface area contributed by atoms with Gasteiger partial charge in [-0.3, -0.25) is 4.98 Å². The molecule has 0 radical (unpaired) electrons. The lowest BCUT2D eigenvalue weighted by Crippen LogP contribution is -2.40. The van der Waals surface area contributed by atoms with Crippen LogP contribution in [0.4, 0.5) is 0 Å². The summed E-state index contributed by atoms with van der Waals surface area (Å²) < 4.78 is 2.41. The van der Waals surface area contributed by atoms with Crippen molar-refractivity contribution in [2.45, 2.75) is 77.9 Å². The van der Waals surface area contributed by atoms with Crippen LogP contribution < -0.4 is 5.32 Å². The van der Waals surface area contributed by atoms with Crippen LogP contribution in [-0.4, -0.2) is 25.6 Å². The zero-order chi connectivity index (χ0) is 23.1. The predicted octanol–water partition coefficient (Wildman–Crippen LogP) is 6.41. The molecule has 1 N–H and O–H groups in total. The summed E-state index contributed by atoms with van der Waals surface area (Å²) in [4.78, 5) is 7.25. The van der Waals surface area contributed by atoms with E-state index >= 15 is 0 Å². The van der Waals surface area contributed by atoms with Crippen molar-refractivity contribution < 1.29 is 0 Å². The minimum Gasteiger partial charge on any atom is -0.352 e. The Bertz CT molecular complexity index is 1140. The summed E-state index contributed by atoms with van der Waals surface area (Å²) in [7, 11) is 0. The first kappa shape index (κ1) is 22.1. The number of pyridine rings is 1. The number of benzene rings is 1. The molecule has 1 aliphatic heterocycles. The van der Waals surface area contributed by atoms with Gasteiger partial charge in [0.25, 0.3) is 0 Å². The molecular formula is C28H34N4S. The quantitative estimate of drug-likeness (QED) is 0.458. The Morgan fingerprint density at radius 3 is 2.33 bits per heavy atom. The predicted molar refractivity (Wildman–Crippen MR) is 139 cm³/mol. The molecule has 2 aliphatic rings. The molecule has 0 bridgehead atoms. The highest BCUT2D eigenvalue weighted by Crippen LogP contribution is 2.44. The van der Waals surface area contributed by atoms with Crippen LogP contribution in [0.5, 0.6) is 0 Å². The fourth-order valence-corrected chi connectivity index (χ4v) is 6.40. The van der Waals surface area contributed by atoms with Gasteiger partial charge in [0.15, 0.2) is 5.11 Å². The maximum absolute atomic E-state index is 5.97. The van der Waals surface area contributed by atoms with Gasteiger partial charge in [-0.1, -0.05) is 31.4 Å². The molecule has 172 valence electrons. The Morgan fingerprint density at radius 1 is 0.939 bits per heavy atom. The van der Waals surface area contributed by atoms with E-state index in [9.17, 15) is 0 Å². The highest BCUT2D eigenvalue weighted by Gasteiger charge is 2.44. The molecule has 1 saturated carbocycles. The van der Waals surface area contributed by atoms with E-state index in [1.54, 1.807) is 0 Å². The van der Waals surface area contributed by atoms with Crippen LogP contribution in [0.15, 0.2) is 48.7 Å². The number of aryl methyl sites for hydroxylation is 3. The topological polar surface area (TPSA) is 33.1 Å². The Morgan fingerprint density at radius 2 is 1.67 bits per heavy atom. The number of aromatic nitrogens is 2. The molecule has 33 heavy (non-hydrogen) atoms. The summed E-state index contributed by atoms with van der Waals surface area (Å²) in [5.41, 5.74) is 8.76. The van der Waals surface area contributed by atoms with Gasteiger partial charge in [0.1, 0.15) is 0 Å². The number of hydrogen-bond donors (Lipinski definition) is 1. The van der Waals surface area contributed by atoms with E-state index in [0.29, 0.717) is 6.04 Å². The van der Waals surface area contributed by atoms with E-state index in [1.165, 1.54) is 65.9 Å². The second kappa shape index (κ2) is 8.94. The molecule has 5 heteroatoms. The first-order chi connectivity index (χ1) is 15.9. The standard InChI is InChI=1S/C28H34N4S/c1-18-14-19(2)16-23(15-18)31-20(3)17-24(21(31)4)27-26(25-12-8-9-13-29-25)30-28(33)32(27)22-10-6-5-7-11-22/h8-9,12-17,22,26-27H,5-7,10-11H2,1-4H3,(H,30,33). The minimum atomic E-state index is 0.0498. The summed E-state index contributed by atoms with van der Waals surface area (Å²) >= 11 is 5.97. The Hall–Kier alpha value is -2.66. The van der Waals surface area contributed by atoms with Gasteiger partial charge in [-0.25, -0.2) is 0 Å². The highest BCUT2D eigenvalue weighted by atomic mass is 32.1. The molecule has 1 aromatic carbocycles. The van der Waals surface area contributed by atoms with Crippen LogP contribution in [0, 0.1) is 27.7 Å². The first-order valence-corrected chi connectivity index (χ1v) is 12.6. The van der Waals surface area contributed by atoms with Gasteiger partial charge in [0.05, 0.1) is 17.8 Å². The lowest BCUT2D eigenvalue weighted by molar-refractivity contribution is 0.197. The molecule has 2 unspecified atom stereocenters. The molecule has 5 rings (SSSR count). The summed E-state index contributed by atoms with van der Waals surface area (Å²) in [6.45, 7) is 8.82.